The topological polar surface area (TPSA) is 48.0 Å². The van der Waals surface area contributed by atoms with Gasteiger partial charge in [-0.3, -0.25) is 4.79 Å². The summed E-state index contributed by atoms with van der Waals surface area (Å²) in [5.74, 6) is -0.846. The number of amides is 1. The molecule has 3 aromatic carbocycles. The van der Waals surface area contributed by atoms with Crippen molar-refractivity contribution < 1.29 is 19.0 Å². The SMILES string of the molecule is O=C1N(CCOc2cccc3ccccc23)c2c(Cl)cccc2C12OCCO2. The Balaban J connectivity index is 1.41. The van der Waals surface area contributed by atoms with Gasteiger partial charge in [0.2, 0.25) is 0 Å². The molecule has 0 saturated carbocycles. The summed E-state index contributed by atoms with van der Waals surface area (Å²) in [5.41, 5.74) is 1.30. The average molecular weight is 396 g/mol. The minimum absolute atomic E-state index is 0.255. The van der Waals surface area contributed by atoms with Crippen molar-refractivity contribution in [3.05, 3.63) is 71.2 Å². The van der Waals surface area contributed by atoms with Gasteiger partial charge in [0.15, 0.2) is 0 Å². The van der Waals surface area contributed by atoms with Crippen LogP contribution >= 0.6 is 11.6 Å². The molecule has 1 saturated heterocycles. The van der Waals surface area contributed by atoms with Crippen LogP contribution in [0.15, 0.2) is 60.7 Å². The molecule has 0 aromatic heterocycles. The number of nitrogens with zero attached hydrogens (tertiary/aromatic N) is 1. The summed E-state index contributed by atoms with van der Waals surface area (Å²) in [6, 6.07) is 19.4. The van der Waals surface area contributed by atoms with Gasteiger partial charge in [0.25, 0.3) is 11.7 Å². The Morgan fingerprint density at radius 2 is 1.75 bits per heavy atom. The lowest BCUT2D eigenvalue weighted by molar-refractivity contribution is -0.180. The molecule has 2 aliphatic heterocycles. The Hall–Kier alpha value is -2.60. The third-order valence-electron chi connectivity index (χ3n) is 5.15. The fraction of sp³-hybridized carbons (Fsp3) is 0.227. The second kappa shape index (κ2) is 6.78. The van der Waals surface area contributed by atoms with Crippen LogP contribution in [0.4, 0.5) is 5.69 Å². The molecule has 0 unspecified atom stereocenters. The van der Waals surface area contributed by atoms with E-state index in [1.165, 1.54) is 0 Å². The highest BCUT2D eigenvalue weighted by atomic mass is 35.5. The van der Waals surface area contributed by atoms with Crippen molar-refractivity contribution in [2.24, 2.45) is 0 Å². The molecule has 1 fully saturated rings. The van der Waals surface area contributed by atoms with Crippen LogP contribution in [0.2, 0.25) is 5.02 Å². The maximum absolute atomic E-state index is 13.2. The minimum atomic E-state index is -1.38. The first-order valence-corrected chi connectivity index (χ1v) is 9.58. The predicted octanol–water partition coefficient (Wildman–Crippen LogP) is 4.12. The lowest BCUT2D eigenvalue weighted by Crippen LogP contribution is -2.42. The fourth-order valence-corrected chi connectivity index (χ4v) is 4.20. The molecule has 6 heteroatoms. The third-order valence-corrected chi connectivity index (χ3v) is 5.46. The summed E-state index contributed by atoms with van der Waals surface area (Å²) >= 11 is 6.42. The van der Waals surface area contributed by atoms with Crippen LogP contribution in [0.5, 0.6) is 5.75 Å². The highest BCUT2D eigenvalue weighted by molar-refractivity contribution is 6.35. The van der Waals surface area contributed by atoms with Crippen molar-refractivity contribution in [1.82, 2.24) is 0 Å². The van der Waals surface area contributed by atoms with Gasteiger partial charge in [-0.05, 0) is 17.5 Å². The van der Waals surface area contributed by atoms with Crippen molar-refractivity contribution in [2.45, 2.75) is 5.79 Å². The number of hydrogen-bond acceptors (Lipinski definition) is 4. The summed E-state index contributed by atoms with van der Waals surface area (Å²) in [4.78, 5) is 14.8. The van der Waals surface area contributed by atoms with Crippen LogP contribution in [-0.2, 0) is 20.1 Å². The van der Waals surface area contributed by atoms with E-state index in [1.807, 2.05) is 48.5 Å². The molecule has 0 radical (unpaired) electrons. The number of benzene rings is 3. The van der Waals surface area contributed by atoms with Gasteiger partial charge in [-0.2, -0.15) is 0 Å². The van der Waals surface area contributed by atoms with Crippen LogP contribution in [0.3, 0.4) is 0 Å². The number of fused-ring (bicyclic) bond motifs is 3. The standard InChI is InChI=1S/C22H18ClNO4/c23-18-9-4-8-17-20(18)24(21(25)22(17)27-13-14-28-22)11-12-26-19-10-3-6-15-5-1-2-7-16(15)19/h1-10H,11-14H2. The number of hydrogen-bond donors (Lipinski definition) is 0. The Bertz CT molecular complexity index is 1060. The van der Waals surface area contributed by atoms with Crippen molar-refractivity contribution >= 4 is 34.0 Å². The van der Waals surface area contributed by atoms with E-state index in [4.69, 9.17) is 25.8 Å². The molecule has 0 aliphatic carbocycles. The number of ether oxygens (including phenoxy) is 3. The molecule has 0 atom stereocenters. The summed E-state index contributed by atoms with van der Waals surface area (Å²) in [6.07, 6.45) is 0. The quantitative estimate of drug-likeness (QED) is 0.666. The van der Waals surface area contributed by atoms with Crippen molar-refractivity contribution in [2.75, 3.05) is 31.3 Å². The zero-order valence-electron chi connectivity index (χ0n) is 15.1. The Labute approximate surface area is 167 Å². The molecule has 5 rings (SSSR count). The number of para-hydroxylation sites is 1. The summed E-state index contributed by atoms with van der Waals surface area (Å²) in [6.45, 7) is 1.41. The first-order valence-electron chi connectivity index (χ1n) is 9.20. The van der Waals surface area contributed by atoms with Crippen LogP contribution in [0, 0.1) is 0 Å². The Morgan fingerprint density at radius 1 is 1.00 bits per heavy atom. The molecule has 142 valence electrons. The van der Waals surface area contributed by atoms with Crippen molar-refractivity contribution in [3.63, 3.8) is 0 Å². The van der Waals surface area contributed by atoms with Crippen LogP contribution in [0.1, 0.15) is 5.56 Å². The molecule has 5 nitrogen and oxygen atoms in total. The molecule has 2 aliphatic rings. The first kappa shape index (κ1) is 17.5. The van der Waals surface area contributed by atoms with Gasteiger partial charge in [0, 0.05) is 10.9 Å². The summed E-state index contributed by atoms with van der Waals surface area (Å²) in [7, 11) is 0. The molecule has 2 heterocycles. The number of anilines is 1. The van der Waals surface area contributed by atoms with Gasteiger partial charge < -0.3 is 19.1 Å². The first-order chi connectivity index (χ1) is 13.7. The third kappa shape index (κ3) is 2.58. The maximum atomic E-state index is 13.2. The molecule has 28 heavy (non-hydrogen) atoms. The lowest BCUT2D eigenvalue weighted by atomic mass is 10.1. The van der Waals surface area contributed by atoms with Gasteiger partial charge in [-0.25, -0.2) is 0 Å². The summed E-state index contributed by atoms with van der Waals surface area (Å²) in [5, 5.41) is 2.64. The molecule has 1 spiro atoms. The van der Waals surface area contributed by atoms with E-state index >= 15 is 0 Å². The number of halogens is 1. The van der Waals surface area contributed by atoms with E-state index in [9.17, 15) is 4.79 Å². The molecular weight excluding hydrogens is 378 g/mol. The highest BCUT2D eigenvalue weighted by Gasteiger charge is 2.56. The zero-order valence-corrected chi connectivity index (χ0v) is 15.8. The van der Waals surface area contributed by atoms with Gasteiger partial charge in [0.1, 0.15) is 12.4 Å². The zero-order chi connectivity index (χ0) is 19.1. The van der Waals surface area contributed by atoms with E-state index in [-0.39, 0.29) is 5.91 Å². The molecular formula is C22H18ClNO4. The lowest BCUT2D eigenvalue weighted by Gasteiger charge is -2.22. The smallest absolute Gasteiger partial charge is 0.292 e. The average Bonchev–Trinajstić information content (AvgIpc) is 3.30. The molecule has 3 aromatic rings. The maximum Gasteiger partial charge on any atom is 0.292 e. The minimum Gasteiger partial charge on any atom is -0.491 e. The fourth-order valence-electron chi connectivity index (χ4n) is 3.92. The monoisotopic (exact) mass is 395 g/mol. The van der Waals surface area contributed by atoms with Crippen LogP contribution in [-0.4, -0.2) is 32.3 Å². The van der Waals surface area contributed by atoms with Crippen LogP contribution < -0.4 is 9.64 Å². The van der Waals surface area contributed by atoms with Gasteiger partial charge >= 0.3 is 0 Å². The second-order valence-electron chi connectivity index (χ2n) is 6.73. The number of rotatable bonds is 4. The highest BCUT2D eigenvalue weighted by Crippen LogP contribution is 2.48. The molecule has 0 N–H and O–H groups in total. The Kier molecular flexibility index (Phi) is 4.23. The van der Waals surface area contributed by atoms with Gasteiger partial charge in [-0.1, -0.05) is 60.1 Å². The van der Waals surface area contributed by atoms with E-state index < -0.39 is 5.79 Å². The van der Waals surface area contributed by atoms with Crippen molar-refractivity contribution in [1.29, 1.82) is 0 Å². The summed E-state index contributed by atoms with van der Waals surface area (Å²) < 4.78 is 17.5. The van der Waals surface area contributed by atoms with Gasteiger partial charge in [0.05, 0.1) is 30.5 Å². The second-order valence-corrected chi connectivity index (χ2v) is 7.14. The van der Waals surface area contributed by atoms with Gasteiger partial charge in [-0.15, -0.1) is 0 Å². The molecule has 0 bridgehead atoms. The number of carbonyl (C=O) groups excluding carboxylic acids is 1. The van der Waals surface area contributed by atoms with Crippen molar-refractivity contribution in [3.8, 4) is 5.75 Å². The van der Waals surface area contributed by atoms with E-state index in [0.29, 0.717) is 42.6 Å². The normalized spacial score (nSPS) is 17.5. The largest absolute Gasteiger partial charge is 0.491 e. The Morgan fingerprint density at radius 3 is 2.61 bits per heavy atom. The van der Waals surface area contributed by atoms with E-state index in [1.54, 1.807) is 17.0 Å². The van der Waals surface area contributed by atoms with Crippen LogP contribution in [0.25, 0.3) is 10.8 Å². The number of carbonyl (C=O) groups is 1. The molecule has 1 amide bonds. The van der Waals surface area contributed by atoms with E-state index in [2.05, 4.69) is 0 Å². The van der Waals surface area contributed by atoms with E-state index in [0.717, 1.165) is 16.5 Å². The predicted molar refractivity (Wildman–Crippen MR) is 107 cm³/mol.